The second-order valence-corrected chi connectivity index (χ2v) is 1.99. The molecule has 0 saturated carbocycles. The van der Waals surface area contributed by atoms with Crippen LogP contribution in [-0.2, 0) is 0 Å². The number of allylic oxidation sites excluding steroid dienone is 5. The van der Waals surface area contributed by atoms with Crippen molar-refractivity contribution in [1.29, 1.82) is 0 Å². The van der Waals surface area contributed by atoms with Crippen molar-refractivity contribution >= 4 is 0 Å². The highest BCUT2D eigenvalue weighted by molar-refractivity contribution is 5.46. The van der Waals surface area contributed by atoms with Gasteiger partial charge in [-0.05, 0) is 12.0 Å². The number of rotatable bonds is 1. The summed E-state index contributed by atoms with van der Waals surface area (Å²) < 4.78 is 0. The zero-order valence-corrected chi connectivity index (χ0v) is 5.46. The predicted octanol–water partition coefficient (Wildman–Crippen LogP) is 2.33. The Morgan fingerprint density at radius 1 is 1.67 bits per heavy atom. The molecule has 48 valence electrons. The molecular weight excluding hydrogens is 112 g/mol. The van der Waals surface area contributed by atoms with Gasteiger partial charge in [0.25, 0.3) is 0 Å². The van der Waals surface area contributed by atoms with Crippen LogP contribution in [0.1, 0.15) is 13.3 Å². The molecule has 1 rings (SSSR count). The lowest BCUT2D eigenvalue weighted by atomic mass is 10.1. The normalized spacial score (nSPS) is 21.0. The minimum atomic E-state index is 0.942. The van der Waals surface area contributed by atoms with Crippen LogP contribution in [0, 0.1) is 0 Å². The molecule has 1 heteroatoms. The summed E-state index contributed by atoms with van der Waals surface area (Å²) in [6.45, 7) is 2.07. The Morgan fingerprint density at radius 2 is 2.44 bits per heavy atom. The van der Waals surface area contributed by atoms with Gasteiger partial charge in [0.2, 0.25) is 0 Å². The van der Waals surface area contributed by atoms with Crippen LogP contribution in [0.15, 0.2) is 35.6 Å². The monoisotopic (exact) mass is 122 g/mol. The van der Waals surface area contributed by atoms with Gasteiger partial charge >= 0.3 is 0 Å². The van der Waals surface area contributed by atoms with E-state index in [1.165, 1.54) is 5.57 Å². The first-order valence-corrected chi connectivity index (χ1v) is 3.10. The number of hydrogen-bond acceptors (Lipinski definition) is 1. The standard InChI is InChI=1S/C8H10O/c1-2-7-4-3-5-8(7)6-9/h3-6,9H,2H2,1H3/b8-6+. The molecule has 1 nitrogen and oxygen atoms in total. The van der Waals surface area contributed by atoms with Crippen molar-refractivity contribution in [1.82, 2.24) is 0 Å². The van der Waals surface area contributed by atoms with Gasteiger partial charge in [-0.3, -0.25) is 0 Å². The third kappa shape index (κ3) is 1.04. The molecule has 0 heterocycles. The molecule has 0 aromatic carbocycles. The molecule has 0 aromatic rings. The molecule has 0 bridgehead atoms. The molecular formula is C8H10O. The second kappa shape index (κ2) is 2.53. The van der Waals surface area contributed by atoms with Crippen LogP contribution < -0.4 is 0 Å². The Kier molecular flexibility index (Phi) is 1.73. The second-order valence-electron chi connectivity index (χ2n) is 1.99. The summed E-state index contributed by atoms with van der Waals surface area (Å²) >= 11 is 0. The SMILES string of the molecule is CCC1=CC=C/C1=C\O. The highest BCUT2D eigenvalue weighted by atomic mass is 16.2. The highest BCUT2D eigenvalue weighted by Crippen LogP contribution is 2.19. The third-order valence-electron chi connectivity index (χ3n) is 1.46. The smallest absolute Gasteiger partial charge is 0.0866 e. The van der Waals surface area contributed by atoms with Crippen molar-refractivity contribution in [3.05, 3.63) is 35.6 Å². The maximum absolute atomic E-state index is 8.61. The lowest BCUT2D eigenvalue weighted by Gasteiger charge is -1.95. The van der Waals surface area contributed by atoms with Gasteiger partial charge in [0.15, 0.2) is 0 Å². The largest absolute Gasteiger partial charge is 0.515 e. The van der Waals surface area contributed by atoms with Gasteiger partial charge in [0, 0.05) is 5.57 Å². The third-order valence-corrected chi connectivity index (χ3v) is 1.46. The van der Waals surface area contributed by atoms with Crippen LogP contribution in [0.5, 0.6) is 0 Å². The maximum atomic E-state index is 8.61. The van der Waals surface area contributed by atoms with Crippen LogP contribution in [0.25, 0.3) is 0 Å². The summed E-state index contributed by atoms with van der Waals surface area (Å²) in [7, 11) is 0. The zero-order chi connectivity index (χ0) is 6.69. The average Bonchev–Trinajstić information content (AvgIpc) is 2.33. The molecule has 1 N–H and O–H groups in total. The molecule has 1 aliphatic carbocycles. The predicted molar refractivity (Wildman–Crippen MR) is 38.2 cm³/mol. The van der Waals surface area contributed by atoms with Crippen LogP contribution in [0.3, 0.4) is 0 Å². The Labute approximate surface area is 55.0 Å². The minimum Gasteiger partial charge on any atom is -0.515 e. The molecule has 0 aromatic heterocycles. The minimum absolute atomic E-state index is 0.942. The van der Waals surface area contributed by atoms with Crippen LogP contribution in [0.2, 0.25) is 0 Å². The molecule has 0 fully saturated rings. The Hall–Kier alpha value is -0.980. The van der Waals surface area contributed by atoms with Gasteiger partial charge in [-0.2, -0.15) is 0 Å². The Morgan fingerprint density at radius 3 is 2.89 bits per heavy atom. The molecule has 0 unspecified atom stereocenters. The summed E-state index contributed by atoms with van der Waals surface area (Å²) in [6.07, 6.45) is 8.00. The molecule has 0 spiro atoms. The molecule has 0 atom stereocenters. The van der Waals surface area contributed by atoms with E-state index in [9.17, 15) is 0 Å². The highest BCUT2D eigenvalue weighted by Gasteiger charge is 2.01. The van der Waals surface area contributed by atoms with E-state index < -0.39 is 0 Å². The van der Waals surface area contributed by atoms with E-state index in [2.05, 4.69) is 6.92 Å². The quantitative estimate of drug-likeness (QED) is 0.529. The van der Waals surface area contributed by atoms with Gasteiger partial charge in [-0.1, -0.05) is 25.2 Å². The van der Waals surface area contributed by atoms with Gasteiger partial charge in [0.1, 0.15) is 0 Å². The molecule has 0 aliphatic heterocycles. The fourth-order valence-corrected chi connectivity index (χ4v) is 0.919. The average molecular weight is 122 g/mol. The summed E-state index contributed by atoms with van der Waals surface area (Å²) in [6, 6.07) is 0. The van der Waals surface area contributed by atoms with Gasteiger partial charge in [-0.25, -0.2) is 0 Å². The van der Waals surface area contributed by atoms with E-state index >= 15 is 0 Å². The number of hydrogen-bond donors (Lipinski definition) is 1. The van der Waals surface area contributed by atoms with E-state index in [1.54, 1.807) is 0 Å². The first-order chi connectivity index (χ1) is 4.38. The van der Waals surface area contributed by atoms with Crippen LogP contribution >= 0.6 is 0 Å². The summed E-state index contributed by atoms with van der Waals surface area (Å²) in [5, 5.41) is 8.61. The summed E-state index contributed by atoms with van der Waals surface area (Å²) in [5.74, 6) is 0. The van der Waals surface area contributed by atoms with E-state index in [-0.39, 0.29) is 0 Å². The Balaban J connectivity index is 2.78. The van der Waals surface area contributed by atoms with Crippen molar-refractivity contribution in [3.63, 3.8) is 0 Å². The van der Waals surface area contributed by atoms with E-state index in [4.69, 9.17) is 5.11 Å². The van der Waals surface area contributed by atoms with Gasteiger partial charge in [0.05, 0.1) is 6.26 Å². The van der Waals surface area contributed by atoms with Crippen LogP contribution in [0.4, 0.5) is 0 Å². The molecule has 1 aliphatic rings. The maximum Gasteiger partial charge on any atom is 0.0866 e. The van der Waals surface area contributed by atoms with E-state index in [0.29, 0.717) is 0 Å². The van der Waals surface area contributed by atoms with Gasteiger partial charge < -0.3 is 5.11 Å². The number of aliphatic hydroxyl groups excluding tert-OH is 1. The molecule has 9 heavy (non-hydrogen) atoms. The van der Waals surface area contributed by atoms with Crippen molar-refractivity contribution < 1.29 is 5.11 Å². The van der Waals surface area contributed by atoms with Crippen molar-refractivity contribution in [2.45, 2.75) is 13.3 Å². The summed E-state index contributed by atoms with van der Waals surface area (Å²) in [5.41, 5.74) is 2.15. The molecule has 0 saturated heterocycles. The Bertz CT molecular complexity index is 185. The fraction of sp³-hybridized carbons (Fsp3) is 0.250. The fourth-order valence-electron chi connectivity index (χ4n) is 0.919. The first-order valence-electron chi connectivity index (χ1n) is 3.10. The lowest BCUT2D eigenvalue weighted by Crippen LogP contribution is -1.78. The van der Waals surface area contributed by atoms with Crippen molar-refractivity contribution in [2.75, 3.05) is 0 Å². The van der Waals surface area contributed by atoms with Crippen molar-refractivity contribution in [2.24, 2.45) is 0 Å². The topological polar surface area (TPSA) is 20.2 Å². The lowest BCUT2D eigenvalue weighted by molar-refractivity contribution is 0.470. The summed E-state index contributed by atoms with van der Waals surface area (Å²) in [4.78, 5) is 0. The zero-order valence-electron chi connectivity index (χ0n) is 5.46. The van der Waals surface area contributed by atoms with Crippen LogP contribution in [-0.4, -0.2) is 5.11 Å². The molecule has 0 radical (unpaired) electrons. The number of aliphatic hydroxyl groups is 1. The van der Waals surface area contributed by atoms with E-state index in [0.717, 1.165) is 18.3 Å². The first kappa shape index (κ1) is 6.14. The van der Waals surface area contributed by atoms with E-state index in [1.807, 2.05) is 18.2 Å². The van der Waals surface area contributed by atoms with Crippen molar-refractivity contribution in [3.8, 4) is 0 Å². The van der Waals surface area contributed by atoms with Gasteiger partial charge in [-0.15, -0.1) is 0 Å². The molecule has 0 amide bonds.